The third-order valence-corrected chi connectivity index (χ3v) is 12.0. The number of unbranched alkanes of at least 4 members (excludes halogenated alkanes) is 24. The van der Waals surface area contributed by atoms with Crippen molar-refractivity contribution in [1.29, 1.82) is 0 Å². The number of carbonyl (C=O) groups is 3. The van der Waals surface area contributed by atoms with E-state index in [1.165, 1.54) is 122 Å². The summed E-state index contributed by atoms with van der Waals surface area (Å²) in [6, 6.07) is 0. The molecule has 6 nitrogen and oxygen atoms in total. The Bertz CT molecular complexity index is 1380. The second-order valence-electron chi connectivity index (χ2n) is 18.8. The van der Waals surface area contributed by atoms with Gasteiger partial charge in [0, 0.05) is 19.3 Å². The van der Waals surface area contributed by atoms with Crippen LogP contribution in [-0.4, -0.2) is 37.2 Å². The molecule has 394 valence electrons. The maximum Gasteiger partial charge on any atom is 0.306 e. The fourth-order valence-corrected chi connectivity index (χ4v) is 7.73. The minimum absolute atomic E-state index is 0.0970. The molecule has 0 bridgehead atoms. The molecule has 69 heavy (non-hydrogen) atoms. The van der Waals surface area contributed by atoms with Gasteiger partial charge in [-0.3, -0.25) is 14.4 Å². The first-order valence-corrected chi connectivity index (χ1v) is 28.7. The minimum atomic E-state index is -0.802. The van der Waals surface area contributed by atoms with E-state index in [4.69, 9.17) is 14.2 Å². The highest BCUT2D eigenvalue weighted by Gasteiger charge is 2.19. The van der Waals surface area contributed by atoms with E-state index in [0.717, 1.165) is 103 Å². The zero-order valence-electron chi connectivity index (χ0n) is 45.0. The smallest absolute Gasteiger partial charge is 0.306 e. The average molecular weight is 960 g/mol. The molecular weight excluding hydrogens is 853 g/mol. The van der Waals surface area contributed by atoms with Crippen LogP contribution in [0.5, 0.6) is 0 Å². The summed E-state index contributed by atoms with van der Waals surface area (Å²) >= 11 is 0. The van der Waals surface area contributed by atoms with Crippen LogP contribution in [-0.2, 0) is 28.6 Å². The lowest BCUT2D eigenvalue weighted by atomic mass is 10.1. The molecule has 0 saturated carbocycles. The quantitative estimate of drug-likeness (QED) is 0.0262. The Morgan fingerprint density at radius 1 is 0.304 bits per heavy atom. The highest BCUT2D eigenvalue weighted by Crippen LogP contribution is 2.15. The van der Waals surface area contributed by atoms with E-state index in [0.29, 0.717) is 19.3 Å². The van der Waals surface area contributed by atoms with Crippen molar-refractivity contribution in [3.63, 3.8) is 0 Å². The number of hydrogen-bond acceptors (Lipinski definition) is 6. The third kappa shape index (κ3) is 55.1. The van der Waals surface area contributed by atoms with Crippen LogP contribution in [0.15, 0.2) is 97.2 Å². The summed E-state index contributed by atoms with van der Waals surface area (Å²) in [6.45, 7) is 6.44. The van der Waals surface area contributed by atoms with Crippen molar-refractivity contribution >= 4 is 17.9 Å². The zero-order valence-corrected chi connectivity index (χ0v) is 45.0. The van der Waals surface area contributed by atoms with Gasteiger partial charge < -0.3 is 14.2 Å². The lowest BCUT2D eigenvalue weighted by molar-refractivity contribution is -0.167. The molecule has 0 aliphatic carbocycles. The van der Waals surface area contributed by atoms with Gasteiger partial charge >= 0.3 is 17.9 Å². The Labute approximate surface area is 426 Å². The van der Waals surface area contributed by atoms with E-state index in [9.17, 15) is 14.4 Å². The standard InChI is InChI=1S/C63H106O6/c1-4-7-10-13-16-19-22-25-28-30-31-33-36-39-42-45-48-51-54-57-63(66)69-60(58-67-61(64)55-52-49-46-43-40-37-34-27-24-21-18-15-12-9-6-3)59-68-62(65)56-53-50-47-44-41-38-35-32-29-26-23-20-17-14-11-8-5-2/h9,12,16-21,25-29,34,40,43,60H,4-8,10-11,13-15,22-24,30-33,35-39,41-42,44-59H2,1-3H3/b12-9-,19-16-,20-17-,21-18-,28-25-,29-26-,34-27-,43-40-/t60-/m1/s1. The fourth-order valence-electron chi connectivity index (χ4n) is 7.73. The van der Waals surface area contributed by atoms with Gasteiger partial charge in [-0.05, 0) is 122 Å². The normalized spacial score (nSPS) is 12.8. The molecule has 0 fully saturated rings. The molecule has 0 heterocycles. The SMILES string of the molecule is CC/C=C\C/C=C\C/C=C\C/C=C\CCCCC(=O)OC[C@H](COC(=O)CCCCCCCCC/C=C\C/C=C\CCCCC)OC(=O)CCCCCCCCCCC/C=C\C/C=C\CCCCC. The summed E-state index contributed by atoms with van der Waals surface area (Å²) in [7, 11) is 0. The first kappa shape index (κ1) is 65.3. The molecule has 0 saturated heterocycles. The Morgan fingerprint density at radius 2 is 0.565 bits per heavy atom. The number of esters is 3. The minimum Gasteiger partial charge on any atom is -0.462 e. The van der Waals surface area contributed by atoms with E-state index in [-0.39, 0.29) is 31.1 Å². The lowest BCUT2D eigenvalue weighted by Gasteiger charge is -2.18. The second-order valence-corrected chi connectivity index (χ2v) is 18.8. The summed E-state index contributed by atoms with van der Waals surface area (Å²) in [6.07, 6.45) is 75.4. The van der Waals surface area contributed by atoms with Crippen LogP contribution < -0.4 is 0 Å². The fraction of sp³-hybridized carbons (Fsp3) is 0.698. The van der Waals surface area contributed by atoms with Crippen molar-refractivity contribution < 1.29 is 28.6 Å². The molecule has 0 rings (SSSR count). The van der Waals surface area contributed by atoms with Crippen LogP contribution in [0.2, 0.25) is 0 Å². The molecular formula is C63H106O6. The van der Waals surface area contributed by atoms with Crippen LogP contribution in [0.3, 0.4) is 0 Å². The van der Waals surface area contributed by atoms with Gasteiger partial charge in [-0.1, -0.05) is 221 Å². The Balaban J connectivity index is 4.46. The second kappa shape index (κ2) is 56.9. The number of carbonyl (C=O) groups excluding carboxylic acids is 3. The van der Waals surface area contributed by atoms with Crippen molar-refractivity contribution in [2.45, 2.75) is 271 Å². The van der Waals surface area contributed by atoms with E-state index in [1.54, 1.807) is 0 Å². The van der Waals surface area contributed by atoms with Crippen LogP contribution in [0.25, 0.3) is 0 Å². The molecule has 0 unspecified atom stereocenters. The molecule has 0 N–H and O–H groups in total. The predicted octanol–water partition coefficient (Wildman–Crippen LogP) is 19.3. The predicted molar refractivity (Wildman–Crippen MR) is 297 cm³/mol. The zero-order chi connectivity index (χ0) is 50.0. The lowest BCUT2D eigenvalue weighted by Crippen LogP contribution is -2.30. The van der Waals surface area contributed by atoms with E-state index in [1.807, 2.05) is 0 Å². The largest absolute Gasteiger partial charge is 0.462 e. The summed E-state index contributed by atoms with van der Waals surface area (Å²) < 4.78 is 16.8. The van der Waals surface area contributed by atoms with E-state index >= 15 is 0 Å². The topological polar surface area (TPSA) is 78.9 Å². The van der Waals surface area contributed by atoms with Gasteiger partial charge in [-0.25, -0.2) is 0 Å². The summed E-state index contributed by atoms with van der Waals surface area (Å²) in [5, 5.41) is 0. The van der Waals surface area contributed by atoms with Crippen LogP contribution in [0.1, 0.15) is 265 Å². The van der Waals surface area contributed by atoms with Gasteiger partial charge in [0.15, 0.2) is 6.10 Å². The summed E-state index contributed by atoms with van der Waals surface area (Å²) in [5.41, 5.74) is 0. The highest BCUT2D eigenvalue weighted by atomic mass is 16.6. The van der Waals surface area contributed by atoms with Crippen LogP contribution >= 0.6 is 0 Å². The monoisotopic (exact) mass is 959 g/mol. The third-order valence-electron chi connectivity index (χ3n) is 12.0. The van der Waals surface area contributed by atoms with Crippen molar-refractivity contribution in [2.24, 2.45) is 0 Å². The van der Waals surface area contributed by atoms with Gasteiger partial charge in [0.25, 0.3) is 0 Å². The molecule has 0 aromatic carbocycles. The molecule has 0 aliphatic rings. The summed E-state index contributed by atoms with van der Waals surface area (Å²) in [4.78, 5) is 38.2. The first-order valence-electron chi connectivity index (χ1n) is 28.7. The highest BCUT2D eigenvalue weighted by molar-refractivity contribution is 5.71. The van der Waals surface area contributed by atoms with Crippen molar-refractivity contribution in [3.05, 3.63) is 97.2 Å². The first-order chi connectivity index (χ1) is 34.0. The Hall–Kier alpha value is -3.67. The van der Waals surface area contributed by atoms with Gasteiger partial charge in [-0.15, -0.1) is 0 Å². The summed E-state index contributed by atoms with van der Waals surface area (Å²) in [5.74, 6) is -0.948. The van der Waals surface area contributed by atoms with Crippen molar-refractivity contribution in [1.82, 2.24) is 0 Å². The van der Waals surface area contributed by atoms with Crippen molar-refractivity contribution in [3.8, 4) is 0 Å². The number of hydrogen-bond donors (Lipinski definition) is 0. The van der Waals surface area contributed by atoms with Gasteiger partial charge in [0.1, 0.15) is 13.2 Å². The Morgan fingerprint density at radius 3 is 0.913 bits per heavy atom. The van der Waals surface area contributed by atoms with E-state index in [2.05, 4.69) is 118 Å². The van der Waals surface area contributed by atoms with Gasteiger partial charge in [0.05, 0.1) is 0 Å². The molecule has 0 spiro atoms. The maximum absolute atomic E-state index is 12.9. The van der Waals surface area contributed by atoms with Crippen molar-refractivity contribution in [2.75, 3.05) is 13.2 Å². The van der Waals surface area contributed by atoms with Crippen LogP contribution in [0, 0.1) is 0 Å². The molecule has 0 aromatic heterocycles. The van der Waals surface area contributed by atoms with Gasteiger partial charge in [-0.2, -0.15) is 0 Å². The van der Waals surface area contributed by atoms with Gasteiger partial charge in [0.2, 0.25) is 0 Å². The number of ether oxygens (including phenoxy) is 3. The van der Waals surface area contributed by atoms with E-state index < -0.39 is 6.10 Å². The number of allylic oxidation sites excluding steroid dienone is 16. The maximum atomic E-state index is 12.9. The average Bonchev–Trinajstić information content (AvgIpc) is 3.35. The molecule has 0 aliphatic heterocycles. The molecule has 0 aromatic rings. The van der Waals surface area contributed by atoms with Crippen LogP contribution in [0.4, 0.5) is 0 Å². The molecule has 1 atom stereocenters. The molecule has 6 heteroatoms. The molecule has 0 radical (unpaired) electrons. The Kier molecular flexibility index (Phi) is 53.9. The molecule has 0 amide bonds. The number of rotatable bonds is 51.